The molecule has 1 saturated heterocycles. The summed E-state index contributed by atoms with van der Waals surface area (Å²) in [6, 6.07) is -0.500. The Hall–Kier alpha value is -1.85. The van der Waals surface area contributed by atoms with Crippen LogP contribution < -0.4 is 5.32 Å². The van der Waals surface area contributed by atoms with E-state index in [1.807, 2.05) is 20.2 Å². The average Bonchev–Trinajstić information content (AvgIpc) is 2.70. The lowest BCUT2D eigenvalue weighted by atomic mass is 10.1. The van der Waals surface area contributed by atoms with Gasteiger partial charge in [-0.1, -0.05) is 0 Å². The summed E-state index contributed by atoms with van der Waals surface area (Å²) in [5, 5.41) is 6.82. The highest BCUT2D eigenvalue weighted by atomic mass is 16.2. The minimum atomic E-state index is -0.439. The van der Waals surface area contributed by atoms with Gasteiger partial charge in [0.05, 0.1) is 6.20 Å². The van der Waals surface area contributed by atoms with Gasteiger partial charge in [0, 0.05) is 32.3 Å². The van der Waals surface area contributed by atoms with Crippen molar-refractivity contribution in [2.24, 2.45) is 7.05 Å². The van der Waals surface area contributed by atoms with Gasteiger partial charge in [-0.25, -0.2) is 0 Å². The molecule has 1 aromatic heterocycles. The third-order valence-electron chi connectivity index (χ3n) is 3.44. The lowest BCUT2D eigenvalue weighted by Gasteiger charge is -2.27. The number of hydrogen-bond acceptors (Lipinski definition) is 3. The number of aromatic nitrogens is 2. The van der Waals surface area contributed by atoms with Crippen LogP contribution in [0.2, 0.25) is 0 Å². The van der Waals surface area contributed by atoms with Crippen molar-refractivity contribution in [3.8, 4) is 0 Å². The molecule has 1 aromatic rings. The molecule has 2 rings (SSSR count). The predicted molar refractivity (Wildman–Crippen MR) is 70.3 cm³/mol. The highest BCUT2D eigenvalue weighted by molar-refractivity contribution is 5.90. The quantitative estimate of drug-likeness (QED) is 0.841. The van der Waals surface area contributed by atoms with E-state index in [2.05, 4.69) is 10.4 Å². The molecule has 0 radical (unpaired) electrons. The Morgan fingerprint density at radius 3 is 2.79 bits per heavy atom. The molecule has 1 aliphatic heterocycles. The summed E-state index contributed by atoms with van der Waals surface area (Å²) in [4.78, 5) is 25.6. The Bertz CT molecular complexity index is 483. The highest BCUT2D eigenvalue weighted by Gasteiger charge is 2.30. The maximum atomic E-state index is 12.2. The van der Waals surface area contributed by atoms with Gasteiger partial charge in [-0.2, -0.15) is 5.10 Å². The minimum Gasteiger partial charge on any atom is -0.345 e. The molecule has 1 aliphatic rings. The summed E-state index contributed by atoms with van der Waals surface area (Å²) in [5.74, 6) is -0.0699. The molecule has 0 spiro atoms. The molecule has 1 fully saturated rings. The Balaban J connectivity index is 2.03. The van der Waals surface area contributed by atoms with Gasteiger partial charge < -0.3 is 10.2 Å². The fourth-order valence-corrected chi connectivity index (χ4v) is 2.39. The first kappa shape index (κ1) is 13.6. The van der Waals surface area contributed by atoms with Crippen LogP contribution >= 0.6 is 0 Å². The van der Waals surface area contributed by atoms with Gasteiger partial charge in [0.1, 0.15) is 6.04 Å². The molecule has 19 heavy (non-hydrogen) atoms. The minimum absolute atomic E-state index is 0.0118. The zero-order valence-electron chi connectivity index (χ0n) is 11.6. The van der Waals surface area contributed by atoms with E-state index < -0.39 is 6.04 Å². The van der Waals surface area contributed by atoms with E-state index in [0.29, 0.717) is 13.0 Å². The number of aryl methyl sites for hydroxylation is 1. The first-order valence-corrected chi connectivity index (χ1v) is 6.54. The molecular weight excluding hydrogens is 244 g/mol. The number of nitrogens with one attached hydrogen (secondary N) is 1. The van der Waals surface area contributed by atoms with Crippen molar-refractivity contribution in [1.82, 2.24) is 20.0 Å². The van der Waals surface area contributed by atoms with Crippen molar-refractivity contribution in [2.45, 2.75) is 38.8 Å². The lowest BCUT2D eigenvalue weighted by Crippen LogP contribution is -2.45. The van der Waals surface area contributed by atoms with Crippen molar-refractivity contribution < 1.29 is 9.59 Å². The van der Waals surface area contributed by atoms with Crippen LogP contribution in [0.25, 0.3) is 0 Å². The second-order valence-corrected chi connectivity index (χ2v) is 5.15. The topological polar surface area (TPSA) is 67.2 Å². The van der Waals surface area contributed by atoms with Crippen molar-refractivity contribution in [3.05, 3.63) is 18.0 Å². The van der Waals surface area contributed by atoms with E-state index in [9.17, 15) is 9.59 Å². The monoisotopic (exact) mass is 264 g/mol. The van der Waals surface area contributed by atoms with E-state index in [1.54, 1.807) is 22.7 Å². The standard InChI is InChI=1S/C13H20N4O2/c1-9-6-12(18)15-10(2)13(19)17(9)5-4-11-7-14-16(3)8-11/h7-10H,4-6H2,1-3H3,(H,15,18). The normalized spacial score (nSPS) is 24.3. The molecule has 1 N–H and O–H groups in total. The van der Waals surface area contributed by atoms with Crippen molar-refractivity contribution in [2.75, 3.05) is 6.54 Å². The smallest absolute Gasteiger partial charge is 0.245 e. The maximum Gasteiger partial charge on any atom is 0.245 e. The molecule has 0 saturated carbocycles. The lowest BCUT2D eigenvalue weighted by molar-refractivity contribution is -0.134. The predicted octanol–water partition coefficient (Wildman–Crippen LogP) is 0.0881. The van der Waals surface area contributed by atoms with Gasteiger partial charge in [0.25, 0.3) is 0 Å². The van der Waals surface area contributed by atoms with Crippen molar-refractivity contribution in [3.63, 3.8) is 0 Å². The Morgan fingerprint density at radius 1 is 1.42 bits per heavy atom. The van der Waals surface area contributed by atoms with E-state index in [1.165, 1.54) is 0 Å². The molecule has 6 heteroatoms. The molecular formula is C13H20N4O2. The third kappa shape index (κ3) is 3.13. The number of carbonyl (C=O) groups is 2. The Morgan fingerprint density at radius 2 is 2.16 bits per heavy atom. The summed E-state index contributed by atoms with van der Waals surface area (Å²) in [6.45, 7) is 4.26. The molecule has 0 aliphatic carbocycles. The van der Waals surface area contributed by atoms with Gasteiger partial charge >= 0.3 is 0 Å². The van der Waals surface area contributed by atoms with Crippen molar-refractivity contribution in [1.29, 1.82) is 0 Å². The fraction of sp³-hybridized carbons (Fsp3) is 0.615. The molecule has 2 atom stereocenters. The van der Waals surface area contributed by atoms with Crippen LogP contribution in [0.1, 0.15) is 25.8 Å². The molecule has 0 bridgehead atoms. The SMILES string of the molecule is CC1NC(=O)CC(C)N(CCc2cnn(C)c2)C1=O. The fourth-order valence-electron chi connectivity index (χ4n) is 2.39. The summed E-state index contributed by atoms with van der Waals surface area (Å²) in [5.41, 5.74) is 1.10. The van der Waals surface area contributed by atoms with Gasteiger partial charge in [0.2, 0.25) is 11.8 Å². The summed E-state index contributed by atoms with van der Waals surface area (Å²) in [6.07, 6.45) is 4.87. The molecule has 0 aromatic carbocycles. The first-order valence-electron chi connectivity index (χ1n) is 6.54. The average molecular weight is 264 g/mol. The van der Waals surface area contributed by atoms with Crippen LogP contribution in [0.5, 0.6) is 0 Å². The van der Waals surface area contributed by atoms with Gasteiger partial charge in [-0.15, -0.1) is 0 Å². The van der Waals surface area contributed by atoms with Crippen LogP contribution in [0.3, 0.4) is 0 Å². The van der Waals surface area contributed by atoms with Crippen LogP contribution in [0.4, 0.5) is 0 Å². The zero-order chi connectivity index (χ0) is 14.0. The van der Waals surface area contributed by atoms with E-state index in [-0.39, 0.29) is 17.9 Å². The number of nitrogens with zero attached hydrogens (tertiary/aromatic N) is 3. The molecule has 104 valence electrons. The van der Waals surface area contributed by atoms with E-state index in [0.717, 1.165) is 12.0 Å². The highest BCUT2D eigenvalue weighted by Crippen LogP contribution is 2.12. The van der Waals surface area contributed by atoms with E-state index >= 15 is 0 Å². The second-order valence-electron chi connectivity index (χ2n) is 5.15. The molecule has 2 heterocycles. The summed E-state index contributed by atoms with van der Waals surface area (Å²) >= 11 is 0. The van der Waals surface area contributed by atoms with Crippen LogP contribution in [-0.4, -0.2) is 45.1 Å². The Labute approximate surface area is 112 Å². The molecule has 2 amide bonds. The number of amides is 2. The number of hydrogen-bond donors (Lipinski definition) is 1. The second kappa shape index (κ2) is 5.42. The molecule has 2 unspecified atom stereocenters. The van der Waals surface area contributed by atoms with E-state index in [4.69, 9.17) is 0 Å². The summed E-state index contributed by atoms with van der Waals surface area (Å²) in [7, 11) is 1.87. The first-order chi connectivity index (χ1) is 8.97. The number of rotatable bonds is 3. The van der Waals surface area contributed by atoms with Gasteiger partial charge in [-0.3, -0.25) is 14.3 Å². The van der Waals surface area contributed by atoms with Gasteiger partial charge in [0.15, 0.2) is 0 Å². The maximum absolute atomic E-state index is 12.2. The Kier molecular flexibility index (Phi) is 3.87. The van der Waals surface area contributed by atoms with Gasteiger partial charge in [-0.05, 0) is 25.8 Å². The molecule has 6 nitrogen and oxygen atoms in total. The largest absolute Gasteiger partial charge is 0.345 e. The van der Waals surface area contributed by atoms with Crippen LogP contribution in [0.15, 0.2) is 12.4 Å². The van der Waals surface area contributed by atoms with Crippen molar-refractivity contribution >= 4 is 11.8 Å². The number of carbonyl (C=O) groups excluding carboxylic acids is 2. The zero-order valence-corrected chi connectivity index (χ0v) is 11.6. The van der Waals surface area contributed by atoms with Crippen LogP contribution in [0, 0.1) is 0 Å². The third-order valence-corrected chi connectivity index (χ3v) is 3.44. The summed E-state index contributed by atoms with van der Waals surface area (Å²) < 4.78 is 1.75. The van der Waals surface area contributed by atoms with Crippen LogP contribution in [-0.2, 0) is 23.1 Å².